The van der Waals surface area contributed by atoms with Crippen molar-refractivity contribution in [2.45, 2.75) is 19.1 Å². The van der Waals surface area contributed by atoms with Gasteiger partial charge >= 0.3 is 12.1 Å². The molecule has 0 saturated carbocycles. The molecule has 0 aromatic heterocycles. The summed E-state index contributed by atoms with van der Waals surface area (Å²) in [6.07, 6.45) is -0.833. The van der Waals surface area contributed by atoms with Crippen molar-refractivity contribution in [1.82, 2.24) is 5.32 Å². The maximum Gasteiger partial charge on any atom is 0.408 e. The molecule has 0 saturated heterocycles. The highest BCUT2D eigenvalue weighted by Crippen LogP contribution is 2.19. The number of ether oxygens (including phenoxy) is 1. The number of carboxylic acids is 1. The molecule has 0 aliphatic rings. The Hall–Kier alpha value is -3.10. The number of benzene rings is 2. The Morgan fingerprint density at radius 2 is 1.76 bits per heavy atom. The number of amides is 1. The Morgan fingerprint density at radius 3 is 2.40 bits per heavy atom. The molecule has 3 N–H and O–H groups in total. The lowest BCUT2D eigenvalue weighted by Crippen LogP contribution is -2.42. The van der Waals surface area contributed by atoms with Crippen LogP contribution in [0.4, 0.5) is 10.5 Å². The van der Waals surface area contributed by atoms with Crippen molar-refractivity contribution in [2.24, 2.45) is 0 Å². The zero-order valence-electron chi connectivity index (χ0n) is 13.2. The molecule has 0 heterocycles. The third kappa shape index (κ3) is 5.48. The van der Waals surface area contributed by atoms with E-state index in [9.17, 15) is 19.9 Å². The lowest BCUT2D eigenvalue weighted by molar-refractivity contribution is -0.139. The number of alkyl carbamates (subject to hydrolysis) is 1. The highest BCUT2D eigenvalue weighted by Gasteiger charge is 2.21. The number of para-hydroxylation sites is 1. The molecular formula is C17H17N2O6-. The van der Waals surface area contributed by atoms with Crippen LogP contribution in [-0.4, -0.2) is 28.4 Å². The van der Waals surface area contributed by atoms with Crippen LogP contribution in [0.25, 0.3) is 0 Å². The SMILES string of the molecule is O=C(N[C@H](Cc1ccccc1)C(=O)O)OCc1ccccc1N([O-])O. The Kier molecular flexibility index (Phi) is 6.33. The first-order chi connectivity index (χ1) is 12.0. The summed E-state index contributed by atoms with van der Waals surface area (Å²) in [6, 6.07) is 13.7. The Bertz CT molecular complexity index is 720. The number of nitrogens with one attached hydrogen (secondary N) is 1. The normalized spacial score (nSPS) is 11.4. The van der Waals surface area contributed by atoms with E-state index in [2.05, 4.69) is 5.32 Å². The molecule has 1 amide bonds. The first-order valence-electron chi connectivity index (χ1n) is 7.41. The van der Waals surface area contributed by atoms with E-state index in [1.54, 1.807) is 42.5 Å². The van der Waals surface area contributed by atoms with Crippen LogP contribution in [-0.2, 0) is 22.6 Å². The van der Waals surface area contributed by atoms with Crippen molar-refractivity contribution >= 4 is 17.7 Å². The van der Waals surface area contributed by atoms with E-state index in [1.165, 1.54) is 12.1 Å². The Labute approximate surface area is 143 Å². The average Bonchev–Trinajstić information content (AvgIpc) is 2.60. The quantitative estimate of drug-likeness (QED) is 0.658. The number of aliphatic carboxylic acids is 1. The van der Waals surface area contributed by atoms with Gasteiger partial charge in [-0.05, 0) is 11.6 Å². The summed E-state index contributed by atoms with van der Waals surface area (Å²) < 4.78 is 4.95. The van der Waals surface area contributed by atoms with Gasteiger partial charge in [0, 0.05) is 12.0 Å². The van der Waals surface area contributed by atoms with Crippen molar-refractivity contribution < 1.29 is 24.6 Å². The zero-order valence-corrected chi connectivity index (χ0v) is 13.2. The third-order valence-electron chi connectivity index (χ3n) is 3.43. The monoisotopic (exact) mass is 345 g/mol. The van der Waals surface area contributed by atoms with E-state index in [1.807, 2.05) is 0 Å². The predicted octanol–water partition coefficient (Wildman–Crippen LogP) is 2.30. The maximum atomic E-state index is 11.9. The summed E-state index contributed by atoms with van der Waals surface area (Å²) in [5, 5.41) is 31.2. The Balaban J connectivity index is 1.95. The minimum atomic E-state index is -1.19. The van der Waals surface area contributed by atoms with E-state index in [-0.39, 0.29) is 29.5 Å². The molecule has 2 aromatic carbocycles. The van der Waals surface area contributed by atoms with E-state index < -0.39 is 18.1 Å². The van der Waals surface area contributed by atoms with Crippen LogP contribution in [0, 0.1) is 5.21 Å². The van der Waals surface area contributed by atoms with Crippen LogP contribution in [0.3, 0.4) is 0 Å². The van der Waals surface area contributed by atoms with Gasteiger partial charge in [-0.3, -0.25) is 5.21 Å². The molecular weight excluding hydrogens is 328 g/mol. The molecule has 0 bridgehead atoms. The van der Waals surface area contributed by atoms with Crippen LogP contribution in [0.5, 0.6) is 0 Å². The fourth-order valence-electron chi connectivity index (χ4n) is 2.20. The second-order valence-corrected chi connectivity index (χ2v) is 5.20. The van der Waals surface area contributed by atoms with Gasteiger partial charge in [-0.25, -0.2) is 9.59 Å². The third-order valence-corrected chi connectivity index (χ3v) is 3.43. The predicted molar refractivity (Wildman–Crippen MR) is 89.0 cm³/mol. The van der Waals surface area contributed by atoms with Gasteiger partial charge in [0.25, 0.3) is 0 Å². The number of nitrogens with zero attached hydrogens (tertiary/aromatic N) is 1. The van der Waals surface area contributed by atoms with Crippen LogP contribution in [0.15, 0.2) is 54.6 Å². The molecule has 132 valence electrons. The van der Waals surface area contributed by atoms with Gasteiger partial charge in [0.05, 0.1) is 5.69 Å². The highest BCUT2D eigenvalue weighted by molar-refractivity contribution is 5.80. The molecule has 0 aliphatic heterocycles. The number of carbonyl (C=O) groups is 2. The van der Waals surface area contributed by atoms with Crippen LogP contribution < -0.4 is 10.5 Å². The van der Waals surface area contributed by atoms with Gasteiger partial charge in [-0.15, -0.1) is 0 Å². The van der Waals surface area contributed by atoms with Crippen molar-refractivity contribution in [2.75, 3.05) is 5.23 Å². The number of anilines is 1. The summed E-state index contributed by atoms with van der Waals surface area (Å²) in [4.78, 5) is 23.2. The first kappa shape index (κ1) is 18.2. The second kappa shape index (κ2) is 8.67. The molecule has 1 atom stereocenters. The average molecular weight is 345 g/mol. The van der Waals surface area contributed by atoms with Gasteiger partial charge in [-0.2, -0.15) is 0 Å². The standard InChI is InChI=1S/C17H17N2O6/c20-16(21)14(10-12-6-2-1-3-7-12)18-17(22)25-11-13-8-4-5-9-15(13)19(23)24/h1-9,14,23H,10-11H2,(H,18,22)(H,20,21)/q-1/t14-/m1/s1. The number of carboxylic acid groups (broad SMARTS) is 1. The topological polar surface area (TPSA) is 122 Å². The fourth-order valence-corrected chi connectivity index (χ4v) is 2.20. The summed E-state index contributed by atoms with van der Waals surface area (Å²) in [6.45, 7) is -0.293. The number of hydrogen-bond acceptors (Lipinski definition) is 6. The largest absolute Gasteiger partial charge is 0.733 e. The fraction of sp³-hybridized carbons (Fsp3) is 0.176. The summed E-state index contributed by atoms with van der Waals surface area (Å²) in [7, 11) is 0. The van der Waals surface area contributed by atoms with Crippen molar-refractivity contribution in [3.8, 4) is 0 Å². The summed E-state index contributed by atoms with van der Waals surface area (Å²) >= 11 is 0. The van der Waals surface area contributed by atoms with Crippen LogP contribution in [0.2, 0.25) is 0 Å². The molecule has 0 unspecified atom stereocenters. The van der Waals surface area contributed by atoms with Gasteiger partial charge in [-0.1, -0.05) is 48.5 Å². The summed E-state index contributed by atoms with van der Waals surface area (Å²) in [5.74, 6) is -1.19. The highest BCUT2D eigenvalue weighted by atomic mass is 16.8. The number of rotatable bonds is 7. The van der Waals surface area contributed by atoms with Crippen molar-refractivity contribution in [3.63, 3.8) is 0 Å². The molecule has 2 aromatic rings. The molecule has 8 nitrogen and oxygen atoms in total. The van der Waals surface area contributed by atoms with Crippen LogP contribution in [0.1, 0.15) is 11.1 Å². The molecule has 8 heteroatoms. The molecule has 0 spiro atoms. The minimum Gasteiger partial charge on any atom is -0.733 e. The van der Waals surface area contributed by atoms with Crippen molar-refractivity contribution in [3.05, 3.63) is 70.9 Å². The van der Waals surface area contributed by atoms with Gasteiger partial charge in [0.1, 0.15) is 12.6 Å². The van der Waals surface area contributed by atoms with Gasteiger partial charge in [0.2, 0.25) is 0 Å². The van der Waals surface area contributed by atoms with Gasteiger partial charge < -0.3 is 25.6 Å². The summed E-state index contributed by atoms with van der Waals surface area (Å²) in [5.41, 5.74) is 0.974. The van der Waals surface area contributed by atoms with E-state index in [4.69, 9.17) is 9.94 Å². The molecule has 0 aliphatic carbocycles. The molecule has 0 radical (unpaired) electrons. The van der Waals surface area contributed by atoms with E-state index >= 15 is 0 Å². The lowest BCUT2D eigenvalue weighted by atomic mass is 10.1. The zero-order chi connectivity index (χ0) is 18.2. The first-order valence-corrected chi connectivity index (χ1v) is 7.41. The smallest absolute Gasteiger partial charge is 0.408 e. The molecule has 2 rings (SSSR count). The Morgan fingerprint density at radius 1 is 1.12 bits per heavy atom. The lowest BCUT2D eigenvalue weighted by Gasteiger charge is -2.24. The van der Waals surface area contributed by atoms with Crippen LogP contribution >= 0.6 is 0 Å². The van der Waals surface area contributed by atoms with Gasteiger partial charge in [0.15, 0.2) is 0 Å². The molecule has 0 fully saturated rings. The maximum absolute atomic E-state index is 11.9. The number of carbonyl (C=O) groups excluding carboxylic acids is 1. The van der Waals surface area contributed by atoms with E-state index in [0.29, 0.717) is 0 Å². The minimum absolute atomic E-state index is 0.0608. The van der Waals surface area contributed by atoms with Crippen molar-refractivity contribution in [1.29, 1.82) is 0 Å². The molecule has 25 heavy (non-hydrogen) atoms. The van der Waals surface area contributed by atoms with E-state index in [0.717, 1.165) is 5.56 Å². The second-order valence-electron chi connectivity index (χ2n) is 5.20. The number of hydrogen-bond donors (Lipinski definition) is 3.